The van der Waals surface area contributed by atoms with Crippen molar-refractivity contribution in [3.63, 3.8) is 0 Å². The summed E-state index contributed by atoms with van der Waals surface area (Å²) in [6, 6.07) is 1.62. The summed E-state index contributed by atoms with van der Waals surface area (Å²) in [4.78, 5) is 15.5. The van der Waals surface area contributed by atoms with Gasteiger partial charge in [-0.2, -0.15) is 11.8 Å². The molecule has 0 radical (unpaired) electrons. The number of thioether (sulfide) groups is 1. The molecule has 1 N–H and O–H groups in total. The van der Waals surface area contributed by atoms with Crippen LogP contribution in [-0.2, 0) is 0 Å². The minimum absolute atomic E-state index is 0.128. The molecule has 0 unspecified atom stereocenters. The highest BCUT2D eigenvalue weighted by Gasteiger charge is 2.08. The van der Waals surface area contributed by atoms with Crippen LogP contribution < -0.4 is 5.32 Å². The van der Waals surface area contributed by atoms with Gasteiger partial charge in [-0.1, -0.05) is 11.6 Å². The molecule has 1 aromatic heterocycles. The third kappa shape index (κ3) is 4.41. The van der Waals surface area contributed by atoms with Gasteiger partial charge in [0.15, 0.2) is 0 Å². The maximum Gasteiger partial charge on any atom is 0.252 e. The van der Waals surface area contributed by atoms with Crippen LogP contribution in [0.2, 0.25) is 5.02 Å². The Morgan fingerprint density at radius 1 is 1.56 bits per heavy atom. The first kappa shape index (κ1) is 13.3. The van der Waals surface area contributed by atoms with E-state index >= 15 is 0 Å². The standard InChI is InChI=1S/C11H15ClN2OS/c1-16-7-3-2-5-14-11(15)9-4-6-13-8-10(9)12/h4,6,8H,2-3,5,7H2,1H3,(H,14,15). The van der Waals surface area contributed by atoms with E-state index in [1.54, 1.807) is 12.3 Å². The number of aromatic nitrogens is 1. The minimum Gasteiger partial charge on any atom is -0.352 e. The molecule has 16 heavy (non-hydrogen) atoms. The smallest absolute Gasteiger partial charge is 0.252 e. The van der Waals surface area contributed by atoms with Crippen LogP contribution in [0.4, 0.5) is 0 Å². The minimum atomic E-state index is -0.128. The van der Waals surface area contributed by atoms with Crippen molar-refractivity contribution < 1.29 is 4.79 Å². The van der Waals surface area contributed by atoms with Crippen molar-refractivity contribution in [3.8, 4) is 0 Å². The maximum absolute atomic E-state index is 11.7. The van der Waals surface area contributed by atoms with Crippen molar-refractivity contribution in [1.82, 2.24) is 10.3 Å². The second-order valence-electron chi connectivity index (χ2n) is 3.31. The molecule has 0 saturated carbocycles. The summed E-state index contributed by atoms with van der Waals surface area (Å²) < 4.78 is 0. The Morgan fingerprint density at radius 2 is 2.38 bits per heavy atom. The Bertz CT molecular complexity index is 347. The van der Waals surface area contributed by atoms with Gasteiger partial charge < -0.3 is 5.32 Å². The lowest BCUT2D eigenvalue weighted by atomic mass is 10.2. The Kier molecular flexibility index (Phi) is 6.26. The highest BCUT2D eigenvalue weighted by molar-refractivity contribution is 7.98. The van der Waals surface area contributed by atoms with Crippen LogP contribution in [0.1, 0.15) is 23.2 Å². The fourth-order valence-corrected chi connectivity index (χ4v) is 1.93. The monoisotopic (exact) mass is 258 g/mol. The van der Waals surface area contributed by atoms with Gasteiger partial charge >= 0.3 is 0 Å². The topological polar surface area (TPSA) is 42.0 Å². The Balaban J connectivity index is 2.33. The number of hydrogen-bond acceptors (Lipinski definition) is 3. The first-order chi connectivity index (χ1) is 7.75. The van der Waals surface area contributed by atoms with Gasteiger partial charge in [-0.3, -0.25) is 9.78 Å². The molecule has 3 nitrogen and oxygen atoms in total. The molecule has 0 aliphatic heterocycles. The molecule has 1 aromatic rings. The Labute approximate surface area is 105 Å². The van der Waals surface area contributed by atoms with Crippen molar-refractivity contribution in [2.45, 2.75) is 12.8 Å². The number of carbonyl (C=O) groups is 1. The summed E-state index contributed by atoms with van der Waals surface area (Å²) in [7, 11) is 0. The van der Waals surface area contributed by atoms with Gasteiger partial charge in [-0.15, -0.1) is 0 Å². The van der Waals surface area contributed by atoms with E-state index in [0.29, 0.717) is 17.1 Å². The summed E-state index contributed by atoms with van der Waals surface area (Å²) in [5.41, 5.74) is 0.488. The van der Waals surface area contributed by atoms with Gasteiger partial charge in [0.05, 0.1) is 10.6 Å². The molecule has 0 aliphatic carbocycles. The predicted molar refractivity (Wildman–Crippen MR) is 69.2 cm³/mol. The number of amides is 1. The van der Waals surface area contributed by atoms with Crippen LogP contribution in [0.15, 0.2) is 18.5 Å². The summed E-state index contributed by atoms with van der Waals surface area (Å²) >= 11 is 7.67. The largest absolute Gasteiger partial charge is 0.352 e. The molecule has 0 aromatic carbocycles. The van der Waals surface area contributed by atoms with Crippen molar-refractivity contribution in [3.05, 3.63) is 29.0 Å². The molecule has 0 fully saturated rings. The zero-order chi connectivity index (χ0) is 11.8. The van der Waals surface area contributed by atoms with Gasteiger partial charge in [-0.05, 0) is 30.9 Å². The van der Waals surface area contributed by atoms with E-state index in [9.17, 15) is 4.79 Å². The number of halogens is 1. The lowest BCUT2D eigenvalue weighted by Gasteiger charge is -2.05. The molecule has 1 heterocycles. The molecule has 88 valence electrons. The summed E-state index contributed by atoms with van der Waals surface area (Å²) in [5.74, 6) is 1.00. The molecule has 0 atom stereocenters. The normalized spacial score (nSPS) is 10.1. The Hall–Kier alpha value is -0.740. The van der Waals surface area contributed by atoms with Crippen molar-refractivity contribution >= 4 is 29.3 Å². The van der Waals surface area contributed by atoms with E-state index in [-0.39, 0.29) is 5.91 Å². The van der Waals surface area contributed by atoms with Crippen molar-refractivity contribution in [1.29, 1.82) is 0 Å². The van der Waals surface area contributed by atoms with Crippen LogP contribution in [0, 0.1) is 0 Å². The number of nitrogens with zero attached hydrogens (tertiary/aromatic N) is 1. The number of hydrogen-bond donors (Lipinski definition) is 1. The highest BCUT2D eigenvalue weighted by atomic mass is 35.5. The van der Waals surface area contributed by atoms with Gasteiger partial charge in [0.25, 0.3) is 5.91 Å². The van der Waals surface area contributed by atoms with Gasteiger partial charge in [0.2, 0.25) is 0 Å². The third-order valence-corrected chi connectivity index (χ3v) is 3.08. The van der Waals surface area contributed by atoms with E-state index in [0.717, 1.165) is 18.6 Å². The third-order valence-electron chi connectivity index (χ3n) is 2.08. The van der Waals surface area contributed by atoms with Gasteiger partial charge in [-0.25, -0.2) is 0 Å². The first-order valence-electron chi connectivity index (χ1n) is 5.12. The molecule has 0 spiro atoms. The summed E-state index contributed by atoms with van der Waals surface area (Å²) in [6.45, 7) is 0.693. The fourth-order valence-electron chi connectivity index (χ4n) is 1.23. The number of unbranched alkanes of at least 4 members (excludes halogenated alkanes) is 1. The molecule has 0 bridgehead atoms. The zero-order valence-electron chi connectivity index (χ0n) is 9.20. The van der Waals surface area contributed by atoms with Gasteiger partial charge in [0, 0.05) is 18.9 Å². The lowest BCUT2D eigenvalue weighted by Crippen LogP contribution is -2.24. The number of nitrogens with one attached hydrogen (secondary N) is 1. The van der Waals surface area contributed by atoms with Crippen LogP contribution in [0.25, 0.3) is 0 Å². The maximum atomic E-state index is 11.7. The van der Waals surface area contributed by atoms with E-state index in [4.69, 9.17) is 11.6 Å². The highest BCUT2D eigenvalue weighted by Crippen LogP contribution is 2.12. The quantitative estimate of drug-likeness (QED) is 0.798. The number of rotatable bonds is 6. The van der Waals surface area contributed by atoms with Crippen LogP contribution in [0.5, 0.6) is 0 Å². The SMILES string of the molecule is CSCCCCNC(=O)c1ccncc1Cl. The van der Waals surface area contributed by atoms with Crippen LogP contribution in [0.3, 0.4) is 0 Å². The van der Waals surface area contributed by atoms with E-state index in [1.807, 2.05) is 11.8 Å². The van der Waals surface area contributed by atoms with Crippen LogP contribution in [-0.4, -0.2) is 29.4 Å². The molecule has 5 heteroatoms. The molecule has 1 rings (SSSR count). The molecule has 1 amide bonds. The predicted octanol–water partition coefficient (Wildman–Crippen LogP) is 2.61. The van der Waals surface area contributed by atoms with Crippen molar-refractivity contribution in [2.75, 3.05) is 18.6 Å². The lowest BCUT2D eigenvalue weighted by molar-refractivity contribution is 0.0953. The van der Waals surface area contributed by atoms with E-state index < -0.39 is 0 Å². The van der Waals surface area contributed by atoms with E-state index in [1.165, 1.54) is 6.20 Å². The van der Waals surface area contributed by atoms with E-state index in [2.05, 4.69) is 16.6 Å². The summed E-state index contributed by atoms with van der Waals surface area (Å²) in [5, 5.41) is 3.23. The number of carbonyl (C=O) groups excluding carboxylic acids is 1. The summed E-state index contributed by atoms with van der Waals surface area (Å²) in [6.07, 6.45) is 7.23. The van der Waals surface area contributed by atoms with Gasteiger partial charge in [0.1, 0.15) is 0 Å². The zero-order valence-corrected chi connectivity index (χ0v) is 10.8. The van der Waals surface area contributed by atoms with Crippen LogP contribution >= 0.6 is 23.4 Å². The molecular formula is C11H15ClN2OS. The first-order valence-corrected chi connectivity index (χ1v) is 6.89. The van der Waals surface area contributed by atoms with Crippen molar-refractivity contribution in [2.24, 2.45) is 0 Å². The average Bonchev–Trinajstić information content (AvgIpc) is 2.29. The number of pyridine rings is 1. The molecular weight excluding hydrogens is 244 g/mol. The second kappa shape index (κ2) is 7.52. The molecule has 0 aliphatic rings. The fraction of sp³-hybridized carbons (Fsp3) is 0.455. The average molecular weight is 259 g/mol. The second-order valence-corrected chi connectivity index (χ2v) is 4.70. The Morgan fingerprint density at radius 3 is 3.06 bits per heavy atom. The molecule has 0 saturated heterocycles.